The van der Waals surface area contributed by atoms with E-state index in [0.717, 1.165) is 46.0 Å². The number of Topliss-reactive ketones (excluding diaryl/α,β-unsaturated/α-hetero) is 1. The van der Waals surface area contributed by atoms with Gasteiger partial charge in [-0.1, -0.05) is 146 Å². The van der Waals surface area contributed by atoms with E-state index < -0.39 is 5.78 Å². The standard InChI is InChI=1S/4C12H10O.C3H2O3/c4*1-3-7-11(8-4-1)13-12-9-5-2-6-10-12;4-1-3(6)2-5/h4*1-10H;1-2H. The van der Waals surface area contributed by atoms with Gasteiger partial charge in [-0.15, -0.1) is 0 Å². The monoisotopic (exact) mass is 766 g/mol. The Kier molecular flexibility index (Phi) is 19.7. The zero-order valence-corrected chi connectivity index (χ0v) is 31.6. The van der Waals surface area contributed by atoms with E-state index in [1.807, 2.05) is 243 Å². The van der Waals surface area contributed by atoms with Crippen molar-refractivity contribution in [1.82, 2.24) is 0 Å². The van der Waals surface area contributed by atoms with Gasteiger partial charge in [-0.05, 0) is 97.1 Å². The number of ketones is 1. The number of carbonyl (C=O) groups excluding carboxylic acids is 3. The van der Waals surface area contributed by atoms with E-state index in [4.69, 9.17) is 28.5 Å². The molecule has 0 atom stereocenters. The maximum absolute atomic E-state index is 9.44. The van der Waals surface area contributed by atoms with Crippen LogP contribution in [0.25, 0.3) is 0 Å². The molecule has 8 aromatic carbocycles. The van der Waals surface area contributed by atoms with E-state index in [9.17, 15) is 4.79 Å². The summed E-state index contributed by atoms with van der Waals surface area (Å²) in [6.45, 7) is 0. The molecule has 0 aliphatic rings. The van der Waals surface area contributed by atoms with E-state index in [2.05, 4.69) is 0 Å². The third kappa shape index (κ3) is 18.3. The summed E-state index contributed by atoms with van der Waals surface area (Å²) in [5.74, 6) is 5.93. The summed E-state index contributed by atoms with van der Waals surface area (Å²) in [5.41, 5.74) is 0. The number of hydrogen-bond acceptors (Lipinski definition) is 7. The predicted molar refractivity (Wildman–Crippen MR) is 229 cm³/mol. The smallest absolute Gasteiger partial charge is 0.257 e. The second-order valence-corrected chi connectivity index (χ2v) is 11.6. The molecular weight excluding hydrogens is 725 g/mol. The van der Waals surface area contributed by atoms with Crippen molar-refractivity contribution in [2.24, 2.45) is 0 Å². The van der Waals surface area contributed by atoms with Crippen LogP contribution in [0, 0.1) is 0 Å². The molecule has 0 saturated heterocycles. The Labute approximate surface area is 339 Å². The summed E-state index contributed by atoms with van der Waals surface area (Å²) < 4.78 is 22.3. The lowest BCUT2D eigenvalue weighted by molar-refractivity contribution is -0.135. The van der Waals surface area contributed by atoms with Crippen LogP contribution in [0.5, 0.6) is 46.0 Å². The first-order valence-electron chi connectivity index (χ1n) is 18.2. The molecule has 8 rings (SSSR count). The average molecular weight is 767 g/mol. The van der Waals surface area contributed by atoms with Crippen LogP contribution in [0.4, 0.5) is 0 Å². The number of hydrogen-bond donors (Lipinski definition) is 0. The molecule has 7 heteroatoms. The Hall–Kier alpha value is -8.03. The van der Waals surface area contributed by atoms with Crippen molar-refractivity contribution in [2.45, 2.75) is 0 Å². The fourth-order valence-corrected chi connectivity index (χ4v) is 4.48. The highest BCUT2D eigenvalue weighted by Crippen LogP contribution is 2.22. The summed E-state index contributed by atoms with van der Waals surface area (Å²) in [7, 11) is 0. The molecule has 0 aliphatic carbocycles. The Morgan fingerprint density at radius 1 is 0.241 bits per heavy atom. The van der Waals surface area contributed by atoms with Gasteiger partial charge in [0.15, 0.2) is 12.6 Å². The molecule has 0 aromatic heterocycles. The van der Waals surface area contributed by atoms with Crippen LogP contribution < -0.4 is 18.9 Å². The van der Waals surface area contributed by atoms with Gasteiger partial charge in [0.05, 0.1) is 0 Å². The molecule has 288 valence electrons. The molecule has 0 saturated carbocycles. The van der Waals surface area contributed by atoms with E-state index in [-0.39, 0.29) is 12.6 Å². The molecule has 7 nitrogen and oxygen atoms in total. The van der Waals surface area contributed by atoms with Crippen LogP contribution in [0.2, 0.25) is 0 Å². The molecule has 0 spiro atoms. The molecule has 0 amide bonds. The molecule has 0 unspecified atom stereocenters. The van der Waals surface area contributed by atoms with Gasteiger partial charge in [-0.25, -0.2) is 0 Å². The lowest BCUT2D eigenvalue weighted by atomic mass is 10.3. The van der Waals surface area contributed by atoms with Crippen LogP contribution in [0.3, 0.4) is 0 Å². The van der Waals surface area contributed by atoms with Gasteiger partial charge in [0.1, 0.15) is 46.0 Å². The lowest BCUT2D eigenvalue weighted by Gasteiger charge is -2.03. The van der Waals surface area contributed by atoms with Crippen molar-refractivity contribution in [1.29, 1.82) is 0 Å². The molecule has 0 N–H and O–H groups in total. The lowest BCUT2D eigenvalue weighted by Crippen LogP contribution is -1.97. The molecule has 0 heterocycles. The summed E-state index contributed by atoms with van der Waals surface area (Å²) in [4.78, 5) is 27.8. The van der Waals surface area contributed by atoms with Crippen LogP contribution in [0.1, 0.15) is 0 Å². The van der Waals surface area contributed by atoms with Gasteiger partial charge in [-0.2, -0.15) is 0 Å². The van der Waals surface area contributed by atoms with Crippen LogP contribution in [-0.2, 0) is 14.4 Å². The summed E-state index contributed by atoms with van der Waals surface area (Å²) in [5, 5.41) is 0. The Bertz CT molecular complexity index is 1770. The van der Waals surface area contributed by atoms with Crippen LogP contribution in [-0.4, -0.2) is 18.4 Å². The van der Waals surface area contributed by atoms with Gasteiger partial charge in [0.25, 0.3) is 5.78 Å². The maximum Gasteiger partial charge on any atom is 0.257 e. The molecule has 0 bridgehead atoms. The highest BCUT2D eigenvalue weighted by molar-refractivity contribution is 6.50. The number of para-hydroxylation sites is 8. The minimum Gasteiger partial charge on any atom is -0.457 e. The van der Waals surface area contributed by atoms with Gasteiger partial charge < -0.3 is 18.9 Å². The number of aldehydes is 2. The minimum atomic E-state index is -1.02. The summed E-state index contributed by atoms with van der Waals surface area (Å²) in [6.07, 6.45) is -0.0694. The number of benzene rings is 8. The highest BCUT2D eigenvalue weighted by atomic mass is 16.5. The Morgan fingerprint density at radius 2 is 0.362 bits per heavy atom. The maximum atomic E-state index is 9.44. The van der Waals surface area contributed by atoms with E-state index >= 15 is 0 Å². The summed E-state index contributed by atoms with van der Waals surface area (Å²) >= 11 is 0. The molecule has 58 heavy (non-hydrogen) atoms. The third-order valence-corrected chi connectivity index (χ3v) is 7.12. The third-order valence-electron chi connectivity index (χ3n) is 7.12. The SMILES string of the molecule is O=CC(=O)C=O.c1ccc(Oc2ccccc2)cc1.c1ccc(Oc2ccccc2)cc1.c1ccc(Oc2ccccc2)cc1.c1ccc(Oc2ccccc2)cc1. The average Bonchev–Trinajstić information content (AvgIpc) is 3.30. The van der Waals surface area contributed by atoms with E-state index in [1.165, 1.54) is 0 Å². The molecule has 8 aromatic rings. The molecule has 0 radical (unpaired) electrons. The van der Waals surface area contributed by atoms with E-state index in [1.54, 1.807) is 0 Å². The minimum absolute atomic E-state index is 0.0347. The molecular formula is C51H42O7. The van der Waals surface area contributed by atoms with Crippen molar-refractivity contribution in [3.05, 3.63) is 243 Å². The van der Waals surface area contributed by atoms with Crippen molar-refractivity contribution in [2.75, 3.05) is 0 Å². The van der Waals surface area contributed by atoms with Crippen molar-refractivity contribution in [3.8, 4) is 46.0 Å². The predicted octanol–water partition coefficient (Wildman–Crippen LogP) is 12.9. The topological polar surface area (TPSA) is 88.1 Å². The second-order valence-electron chi connectivity index (χ2n) is 11.6. The fraction of sp³-hybridized carbons (Fsp3) is 0. The van der Waals surface area contributed by atoms with Gasteiger partial charge in [0.2, 0.25) is 0 Å². The summed E-state index contributed by atoms with van der Waals surface area (Å²) in [6, 6.07) is 78.1. The zero-order chi connectivity index (χ0) is 40.7. The number of carbonyl (C=O) groups is 3. The molecule has 0 aliphatic heterocycles. The first-order valence-corrected chi connectivity index (χ1v) is 18.2. The largest absolute Gasteiger partial charge is 0.457 e. The van der Waals surface area contributed by atoms with Crippen molar-refractivity contribution < 1.29 is 33.3 Å². The van der Waals surface area contributed by atoms with Crippen LogP contribution >= 0.6 is 0 Å². The van der Waals surface area contributed by atoms with Gasteiger partial charge >= 0.3 is 0 Å². The number of rotatable bonds is 10. The molecule has 0 fully saturated rings. The van der Waals surface area contributed by atoms with Crippen molar-refractivity contribution >= 4 is 18.4 Å². The highest BCUT2D eigenvalue weighted by Gasteiger charge is 1.96. The normalized spacial score (nSPS) is 9.24. The Balaban J connectivity index is 0.000000164. The quantitative estimate of drug-likeness (QED) is 0.0778. The first kappa shape index (κ1) is 42.7. The van der Waals surface area contributed by atoms with Gasteiger partial charge in [0, 0.05) is 0 Å². The zero-order valence-electron chi connectivity index (χ0n) is 31.6. The number of ether oxygens (including phenoxy) is 4. The first-order chi connectivity index (χ1) is 28.6. The fourth-order valence-electron chi connectivity index (χ4n) is 4.48. The van der Waals surface area contributed by atoms with Crippen LogP contribution in [0.15, 0.2) is 243 Å². The van der Waals surface area contributed by atoms with Crippen molar-refractivity contribution in [3.63, 3.8) is 0 Å². The van der Waals surface area contributed by atoms with E-state index in [0.29, 0.717) is 0 Å². The van der Waals surface area contributed by atoms with Gasteiger partial charge in [-0.3, -0.25) is 14.4 Å². The second kappa shape index (κ2) is 26.7. The Morgan fingerprint density at radius 3 is 0.448 bits per heavy atom.